The number of nitrogens with zero attached hydrogens (tertiary/aromatic N) is 2. The first-order valence-corrected chi connectivity index (χ1v) is 11.9. The highest BCUT2D eigenvalue weighted by molar-refractivity contribution is 5.96. The summed E-state index contributed by atoms with van der Waals surface area (Å²) in [6.07, 6.45) is 8.89. The van der Waals surface area contributed by atoms with Gasteiger partial charge in [0.2, 0.25) is 0 Å². The number of rotatable bonds is 8. The molecule has 4 rings (SSSR count). The largest absolute Gasteiger partial charge is 0.492 e. The van der Waals surface area contributed by atoms with Gasteiger partial charge in [0.15, 0.2) is 0 Å². The van der Waals surface area contributed by atoms with Crippen molar-refractivity contribution >= 4 is 22.7 Å². The minimum Gasteiger partial charge on any atom is -0.492 e. The van der Waals surface area contributed by atoms with E-state index in [1.165, 1.54) is 6.42 Å². The van der Waals surface area contributed by atoms with Crippen LogP contribution in [0.5, 0.6) is 5.75 Å². The van der Waals surface area contributed by atoms with Gasteiger partial charge in [-0.05, 0) is 77.0 Å². The van der Waals surface area contributed by atoms with Crippen LogP contribution in [0.25, 0.3) is 22.2 Å². The quantitative estimate of drug-likeness (QED) is 0.425. The Morgan fingerprint density at radius 3 is 2.53 bits per heavy atom. The molecule has 3 aromatic rings. The van der Waals surface area contributed by atoms with Gasteiger partial charge < -0.3 is 18.9 Å². The van der Waals surface area contributed by atoms with Crippen molar-refractivity contribution in [2.75, 3.05) is 32.6 Å². The average Bonchev–Trinajstić information content (AvgIpc) is 3.05. The number of fused-ring (bicyclic) bond motifs is 1. The lowest BCUT2D eigenvalue weighted by atomic mass is 9.92. The number of nitrogens with one attached hydrogen (secondary N) is 1. The highest BCUT2D eigenvalue weighted by atomic mass is 16.6. The first kappa shape index (κ1) is 23.7. The lowest BCUT2D eigenvalue weighted by molar-refractivity contribution is 0.130. The molecule has 1 N–H and O–H groups in total. The summed E-state index contributed by atoms with van der Waals surface area (Å²) in [6.45, 7) is 5.13. The van der Waals surface area contributed by atoms with E-state index >= 15 is 0 Å². The molecule has 0 atom stereocenters. The topological polar surface area (TPSA) is 55.7 Å². The molecule has 178 valence electrons. The van der Waals surface area contributed by atoms with E-state index < -0.39 is 6.09 Å². The van der Waals surface area contributed by atoms with E-state index in [9.17, 15) is 4.79 Å². The molecule has 1 aromatic heterocycles. The Morgan fingerprint density at radius 2 is 1.94 bits per heavy atom. The van der Waals surface area contributed by atoms with E-state index in [-0.39, 0.29) is 6.10 Å². The Hall–Kier alpha value is -3.43. The second-order valence-corrected chi connectivity index (χ2v) is 9.31. The van der Waals surface area contributed by atoms with E-state index in [2.05, 4.69) is 32.8 Å². The standard InChI is InChI=1S/C28H33N3O3/c1-6-24-25-15-14-23(33-17-16-30(4)5)18-26(25)31(22-8-7-9-22)27(24)20-10-12-21(13-11-20)29-28(32)34-19(2)3/h1,10-15,18-19,22H,7-9,16-17H2,2-5H3,(H,29,32). The smallest absolute Gasteiger partial charge is 0.411 e. The van der Waals surface area contributed by atoms with Crippen LogP contribution in [0.15, 0.2) is 42.5 Å². The second kappa shape index (κ2) is 10.2. The van der Waals surface area contributed by atoms with Crippen LogP contribution in [-0.2, 0) is 4.74 Å². The molecule has 1 aliphatic carbocycles. The maximum Gasteiger partial charge on any atom is 0.411 e. The van der Waals surface area contributed by atoms with E-state index in [0.29, 0.717) is 18.3 Å². The molecule has 1 saturated carbocycles. The molecule has 1 heterocycles. The number of carbonyl (C=O) groups is 1. The van der Waals surface area contributed by atoms with Crippen molar-refractivity contribution in [2.45, 2.75) is 45.3 Å². The molecule has 0 aliphatic heterocycles. The Bertz CT molecular complexity index is 1200. The molecule has 6 nitrogen and oxygen atoms in total. The summed E-state index contributed by atoms with van der Waals surface area (Å²) >= 11 is 0. The van der Waals surface area contributed by atoms with Crippen molar-refractivity contribution in [3.05, 3.63) is 48.0 Å². The number of amides is 1. The molecule has 6 heteroatoms. The molecule has 0 saturated heterocycles. The van der Waals surface area contributed by atoms with Crippen LogP contribution in [0, 0.1) is 12.3 Å². The fourth-order valence-electron chi connectivity index (χ4n) is 4.25. The molecule has 1 amide bonds. The van der Waals surface area contributed by atoms with Crippen LogP contribution in [0.1, 0.15) is 44.7 Å². The highest BCUT2D eigenvalue weighted by Crippen LogP contribution is 2.43. The first-order chi connectivity index (χ1) is 16.4. The van der Waals surface area contributed by atoms with Crippen molar-refractivity contribution in [1.29, 1.82) is 0 Å². The molecular formula is C28H33N3O3. The lowest BCUT2D eigenvalue weighted by Gasteiger charge is -2.30. The van der Waals surface area contributed by atoms with E-state index in [0.717, 1.165) is 52.9 Å². The van der Waals surface area contributed by atoms with E-state index in [1.807, 2.05) is 58.3 Å². The molecule has 2 aromatic carbocycles. The summed E-state index contributed by atoms with van der Waals surface area (Å²) < 4.78 is 13.6. The Morgan fingerprint density at radius 1 is 1.21 bits per heavy atom. The number of benzene rings is 2. The fourth-order valence-corrected chi connectivity index (χ4v) is 4.25. The lowest BCUT2D eigenvalue weighted by Crippen LogP contribution is -2.19. The van der Waals surface area contributed by atoms with Gasteiger partial charge >= 0.3 is 6.09 Å². The van der Waals surface area contributed by atoms with Crippen molar-refractivity contribution in [3.8, 4) is 29.4 Å². The van der Waals surface area contributed by atoms with Crippen LogP contribution in [0.3, 0.4) is 0 Å². The third-order valence-corrected chi connectivity index (χ3v) is 6.11. The summed E-state index contributed by atoms with van der Waals surface area (Å²) in [4.78, 5) is 14.1. The van der Waals surface area contributed by atoms with Crippen LogP contribution >= 0.6 is 0 Å². The molecule has 0 unspecified atom stereocenters. The number of ether oxygens (including phenoxy) is 2. The zero-order valence-corrected chi connectivity index (χ0v) is 20.4. The van der Waals surface area contributed by atoms with Crippen LogP contribution in [0.4, 0.5) is 10.5 Å². The predicted molar refractivity (Wildman–Crippen MR) is 137 cm³/mol. The maximum absolute atomic E-state index is 12.0. The summed E-state index contributed by atoms with van der Waals surface area (Å²) in [5.41, 5.74) is 4.75. The summed E-state index contributed by atoms with van der Waals surface area (Å²) in [5, 5.41) is 3.84. The van der Waals surface area contributed by atoms with E-state index in [4.69, 9.17) is 15.9 Å². The highest BCUT2D eigenvalue weighted by Gasteiger charge is 2.27. The Labute approximate surface area is 201 Å². The Balaban J connectivity index is 1.71. The van der Waals surface area contributed by atoms with Crippen LogP contribution in [-0.4, -0.2) is 48.9 Å². The van der Waals surface area contributed by atoms with Crippen LogP contribution < -0.4 is 10.1 Å². The normalized spacial score (nSPS) is 13.7. The maximum atomic E-state index is 12.0. The third-order valence-electron chi connectivity index (χ3n) is 6.11. The number of carbonyl (C=O) groups excluding carboxylic acids is 1. The van der Waals surface area contributed by atoms with Crippen molar-refractivity contribution < 1.29 is 14.3 Å². The van der Waals surface area contributed by atoms with E-state index in [1.54, 1.807) is 0 Å². The zero-order chi connectivity index (χ0) is 24.2. The number of hydrogen-bond acceptors (Lipinski definition) is 4. The molecule has 0 spiro atoms. The summed E-state index contributed by atoms with van der Waals surface area (Å²) in [6, 6.07) is 14.4. The SMILES string of the molecule is C#Cc1c(-c2ccc(NC(=O)OC(C)C)cc2)n(C2CCC2)c2cc(OCCN(C)C)ccc12. The van der Waals surface area contributed by atoms with Gasteiger partial charge in [-0.2, -0.15) is 0 Å². The molecule has 0 bridgehead atoms. The van der Waals surface area contributed by atoms with Crippen molar-refractivity contribution in [3.63, 3.8) is 0 Å². The fraction of sp³-hybridized carbons (Fsp3) is 0.393. The molecule has 0 radical (unpaired) electrons. The van der Waals surface area contributed by atoms with Crippen molar-refractivity contribution in [1.82, 2.24) is 9.47 Å². The van der Waals surface area contributed by atoms with Crippen molar-refractivity contribution in [2.24, 2.45) is 0 Å². The number of aromatic nitrogens is 1. The summed E-state index contributed by atoms with van der Waals surface area (Å²) in [7, 11) is 4.07. The zero-order valence-electron chi connectivity index (χ0n) is 20.4. The van der Waals surface area contributed by atoms with Gasteiger partial charge in [-0.1, -0.05) is 18.1 Å². The number of terminal acetylenes is 1. The Kier molecular flexibility index (Phi) is 7.14. The molecule has 1 aliphatic rings. The van der Waals surface area contributed by atoms with Gasteiger partial charge in [-0.15, -0.1) is 6.42 Å². The monoisotopic (exact) mass is 459 g/mol. The van der Waals surface area contributed by atoms with Gasteiger partial charge in [0.05, 0.1) is 22.9 Å². The molecule has 1 fully saturated rings. The second-order valence-electron chi connectivity index (χ2n) is 9.31. The number of hydrogen-bond donors (Lipinski definition) is 1. The average molecular weight is 460 g/mol. The van der Waals surface area contributed by atoms with Gasteiger partial charge in [-0.25, -0.2) is 4.79 Å². The van der Waals surface area contributed by atoms with Gasteiger partial charge in [0.1, 0.15) is 12.4 Å². The van der Waals surface area contributed by atoms with Crippen LogP contribution in [0.2, 0.25) is 0 Å². The van der Waals surface area contributed by atoms with Gasteiger partial charge in [-0.3, -0.25) is 5.32 Å². The third kappa shape index (κ3) is 5.05. The molecule has 34 heavy (non-hydrogen) atoms. The van der Waals surface area contributed by atoms with Gasteiger partial charge in [0.25, 0.3) is 0 Å². The first-order valence-electron chi connectivity index (χ1n) is 11.9. The minimum absolute atomic E-state index is 0.174. The van der Waals surface area contributed by atoms with Gasteiger partial charge in [0, 0.05) is 29.7 Å². The predicted octanol–water partition coefficient (Wildman–Crippen LogP) is 5.91. The molecular weight excluding hydrogens is 426 g/mol. The minimum atomic E-state index is -0.461. The number of anilines is 1. The summed E-state index contributed by atoms with van der Waals surface area (Å²) in [5.74, 6) is 3.80. The number of likely N-dealkylation sites (N-methyl/N-ethyl adjacent to an activating group) is 1.